The fourth-order valence-electron chi connectivity index (χ4n) is 2.24. The van der Waals surface area contributed by atoms with Gasteiger partial charge in [0.15, 0.2) is 11.5 Å². The number of hydrogen-bond donors (Lipinski definition) is 1. The monoisotopic (exact) mass is 234 g/mol. The molecule has 0 aliphatic carbocycles. The van der Waals surface area contributed by atoms with Crippen LogP contribution in [0.4, 0.5) is 11.4 Å². The van der Waals surface area contributed by atoms with Gasteiger partial charge in [-0.3, -0.25) is 4.79 Å². The molecular weight excluding hydrogens is 220 g/mol. The lowest BCUT2D eigenvalue weighted by Gasteiger charge is -2.33. The van der Waals surface area contributed by atoms with Gasteiger partial charge in [0.25, 0.3) is 0 Å². The smallest absolute Gasteiger partial charge is 0.249 e. The van der Waals surface area contributed by atoms with E-state index in [1.54, 1.807) is 4.90 Å². The Morgan fingerprint density at radius 2 is 2.12 bits per heavy atom. The minimum atomic E-state index is -0.206. The van der Waals surface area contributed by atoms with Crippen molar-refractivity contribution in [2.24, 2.45) is 0 Å². The van der Waals surface area contributed by atoms with Crippen molar-refractivity contribution < 1.29 is 14.3 Å². The third-order valence-corrected chi connectivity index (χ3v) is 3.11. The van der Waals surface area contributed by atoms with Crippen LogP contribution >= 0.6 is 0 Å². The largest absolute Gasteiger partial charge is 0.454 e. The zero-order valence-electron chi connectivity index (χ0n) is 9.82. The number of nitrogens with one attached hydrogen (secondary N) is 1. The number of ether oxygens (including phenoxy) is 2. The first-order valence-corrected chi connectivity index (χ1v) is 5.72. The maximum atomic E-state index is 12.0. The molecule has 0 bridgehead atoms. The van der Waals surface area contributed by atoms with E-state index in [4.69, 9.17) is 9.47 Å². The summed E-state index contributed by atoms with van der Waals surface area (Å²) in [5.74, 6) is 1.51. The molecule has 0 saturated carbocycles. The first kappa shape index (κ1) is 10.3. The van der Waals surface area contributed by atoms with E-state index in [0.717, 1.165) is 17.1 Å². The first-order chi connectivity index (χ1) is 8.20. The molecule has 1 atom stereocenters. The van der Waals surface area contributed by atoms with Crippen molar-refractivity contribution in [2.75, 3.05) is 23.6 Å². The van der Waals surface area contributed by atoms with Crippen LogP contribution in [0, 0.1) is 0 Å². The molecule has 3 rings (SSSR count). The fraction of sp³-hybridized carbons (Fsp3) is 0.417. The fourth-order valence-corrected chi connectivity index (χ4v) is 2.24. The van der Waals surface area contributed by atoms with E-state index in [9.17, 15) is 4.79 Å². The van der Waals surface area contributed by atoms with Crippen molar-refractivity contribution in [2.45, 2.75) is 19.9 Å². The molecular formula is C12H14N2O3. The number of carbonyl (C=O) groups excluding carboxylic acids is 1. The summed E-state index contributed by atoms with van der Waals surface area (Å²) in [6, 6.07) is 3.55. The van der Waals surface area contributed by atoms with Gasteiger partial charge < -0.3 is 19.7 Å². The molecule has 0 saturated heterocycles. The highest BCUT2D eigenvalue weighted by molar-refractivity contribution is 6.05. The second-order valence-electron chi connectivity index (χ2n) is 4.17. The second-order valence-corrected chi connectivity index (χ2v) is 4.17. The van der Waals surface area contributed by atoms with Crippen LogP contribution in [0.15, 0.2) is 12.1 Å². The number of benzene rings is 1. The Hall–Kier alpha value is -1.91. The molecule has 1 amide bonds. The van der Waals surface area contributed by atoms with Crippen molar-refractivity contribution >= 4 is 17.3 Å². The summed E-state index contributed by atoms with van der Waals surface area (Å²) in [5, 5.41) is 3.18. The van der Waals surface area contributed by atoms with Crippen molar-refractivity contribution in [3.8, 4) is 11.5 Å². The summed E-state index contributed by atoms with van der Waals surface area (Å²) in [6.45, 7) is 4.72. The maximum Gasteiger partial charge on any atom is 0.249 e. The average molecular weight is 234 g/mol. The van der Waals surface area contributed by atoms with Gasteiger partial charge in [0.05, 0.1) is 11.4 Å². The number of amides is 1. The van der Waals surface area contributed by atoms with E-state index in [1.807, 2.05) is 26.0 Å². The Bertz CT molecular complexity index is 487. The maximum absolute atomic E-state index is 12.0. The summed E-state index contributed by atoms with van der Waals surface area (Å²) in [5.41, 5.74) is 1.78. The highest BCUT2D eigenvalue weighted by atomic mass is 16.7. The van der Waals surface area contributed by atoms with Gasteiger partial charge >= 0.3 is 0 Å². The number of rotatable bonds is 1. The van der Waals surface area contributed by atoms with E-state index in [2.05, 4.69) is 5.32 Å². The molecule has 2 aliphatic heterocycles. The Labute approximate surface area is 99.3 Å². The van der Waals surface area contributed by atoms with Crippen molar-refractivity contribution in [3.63, 3.8) is 0 Å². The van der Waals surface area contributed by atoms with Crippen LogP contribution in [-0.4, -0.2) is 25.3 Å². The lowest BCUT2D eigenvalue weighted by Crippen LogP contribution is -2.45. The summed E-state index contributed by atoms with van der Waals surface area (Å²) < 4.78 is 10.7. The van der Waals surface area contributed by atoms with Crippen LogP contribution in [0.25, 0.3) is 0 Å². The van der Waals surface area contributed by atoms with Gasteiger partial charge in [0.1, 0.15) is 6.04 Å². The zero-order valence-corrected chi connectivity index (χ0v) is 9.82. The second kappa shape index (κ2) is 3.55. The Kier molecular flexibility index (Phi) is 2.14. The lowest BCUT2D eigenvalue weighted by molar-refractivity contribution is -0.119. The highest BCUT2D eigenvalue weighted by Crippen LogP contribution is 2.43. The van der Waals surface area contributed by atoms with Crippen LogP contribution in [-0.2, 0) is 4.79 Å². The van der Waals surface area contributed by atoms with E-state index in [-0.39, 0.29) is 18.7 Å². The number of hydrogen-bond acceptors (Lipinski definition) is 4. The van der Waals surface area contributed by atoms with Crippen molar-refractivity contribution in [1.82, 2.24) is 0 Å². The molecule has 0 aromatic heterocycles. The summed E-state index contributed by atoms with van der Waals surface area (Å²) in [4.78, 5) is 13.8. The van der Waals surface area contributed by atoms with Gasteiger partial charge in [-0.2, -0.15) is 0 Å². The molecule has 1 unspecified atom stereocenters. The van der Waals surface area contributed by atoms with Gasteiger partial charge in [-0.05, 0) is 13.8 Å². The predicted molar refractivity (Wildman–Crippen MR) is 63.7 cm³/mol. The van der Waals surface area contributed by atoms with Gasteiger partial charge in [-0.15, -0.1) is 0 Å². The minimum Gasteiger partial charge on any atom is -0.454 e. The molecule has 1 N–H and O–H groups in total. The third-order valence-electron chi connectivity index (χ3n) is 3.11. The summed E-state index contributed by atoms with van der Waals surface area (Å²) >= 11 is 0. The zero-order chi connectivity index (χ0) is 12.0. The van der Waals surface area contributed by atoms with Crippen LogP contribution < -0.4 is 19.7 Å². The molecule has 17 heavy (non-hydrogen) atoms. The number of fused-ring (bicyclic) bond motifs is 2. The molecule has 5 heteroatoms. The van der Waals surface area contributed by atoms with Gasteiger partial charge in [-0.25, -0.2) is 0 Å². The SMILES string of the molecule is CCN1C(=O)C(C)Nc2cc3c(cc21)OCO3. The minimum absolute atomic E-state index is 0.0823. The highest BCUT2D eigenvalue weighted by Gasteiger charge is 2.30. The standard InChI is InChI=1S/C12H14N2O3/c1-3-14-9-5-11-10(16-6-17-11)4-8(9)13-7(2)12(14)15/h4-5,7,13H,3,6H2,1-2H3. The summed E-state index contributed by atoms with van der Waals surface area (Å²) in [7, 11) is 0. The molecule has 0 fully saturated rings. The predicted octanol–water partition coefficient (Wildman–Crippen LogP) is 1.58. The normalized spacial score (nSPS) is 21.2. The number of likely N-dealkylation sites (N-methyl/N-ethyl adjacent to an activating group) is 1. The van der Waals surface area contributed by atoms with Crippen molar-refractivity contribution in [3.05, 3.63) is 12.1 Å². The Morgan fingerprint density at radius 1 is 1.41 bits per heavy atom. The summed E-state index contributed by atoms with van der Waals surface area (Å²) in [6.07, 6.45) is 0. The van der Waals surface area contributed by atoms with Crippen LogP contribution in [0.3, 0.4) is 0 Å². The molecule has 0 spiro atoms. The number of anilines is 2. The van der Waals surface area contributed by atoms with Gasteiger partial charge in [0.2, 0.25) is 12.7 Å². The van der Waals surface area contributed by atoms with E-state index in [1.165, 1.54) is 0 Å². The van der Waals surface area contributed by atoms with Crippen LogP contribution in [0.1, 0.15) is 13.8 Å². The van der Waals surface area contributed by atoms with Crippen molar-refractivity contribution in [1.29, 1.82) is 0 Å². The average Bonchev–Trinajstić information content (AvgIpc) is 2.75. The lowest BCUT2D eigenvalue weighted by atomic mass is 10.1. The molecule has 0 radical (unpaired) electrons. The Balaban J connectivity index is 2.12. The molecule has 90 valence electrons. The van der Waals surface area contributed by atoms with Gasteiger partial charge in [-0.1, -0.05) is 0 Å². The molecule has 1 aromatic rings. The quantitative estimate of drug-likeness (QED) is 0.801. The molecule has 2 aliphatic rings. The molecule has 5 nitrogen and oxygen atoms in total. The van der Waals surface area contributed by atoms with E-state index >= 15 is 0 Å². The van der Waals surface area contributed by atoms with Crippen LogP contribution in [0.5, 0.6) is 11.5 Å². The molecule has 2 heterocycles. The van der Waals surface area contributed by atoms with E-state index < -0.39 is 0 Å². The molecule has 1 aromatic carbocycles. The van der Waals surface area contributed by atoms with Gasteiger partial charge in [0, 0.05) is 18.7 Å². The number of nitrogens with zero attached hydrogens (tertiary/aromatic N) is 1. The Morgan fingerprint density at radius 3 is 2.82 bits per heavy atom. The third kappa shape index (κ3) is 1.42. The van der Waals surface area contributed by atoms with E-state index in [0.29, 0.717) is 12.3 Å². The first-order valence-electron chi connectivity index (χ1n) is 5.72. The topological polar surface area (TPSA) is 50.8 Å². The van der Waals surface area contributed by atoms with Crippen LogP contribution in [0.2, 0.25) is 0 Å². The number of carbonyl (C=O) groups is 1.